The molecule has 6 aliphatic rings. The van der Waals surface area contributed by atoms with E-state index >= 15 is 27.4 Å². The van der Waals surface area contributed by atoms with Crippen molar-refractivity contribution in [2.45, 2.75) is 83.1 Å². The van der Waals surface area contributed by atoms with Crippen molar-refractivity contribution in [3.8, 4) is 0 Å². The SMILES string of the molecule is CCO[Si]1(OCC)OP2(=O)O[Si](OCC)(OCC)OP3(=O)O[Si](OCC)(OCC)OP4(=O)O[Si](OCC)(OCC)OP5(=O)O[Si](OCC)(OCC)OP6(=O)O[Si](OCC)(OCC)OP(=O)(O1)O[Si-2](O2)(O3)(O6)(O4)O5. The summed E-state index contributed by atoms with van der Waals surface area (Å²) in [5.41, 5.74) is 0. The Morgan fingerprint density at radius 2 is 0.329 bits per heavy atom. The van der Waals surface area contributed by atoms with Gasteiger partial charge in [-0.15, -0.1) is 0 Å². The fraction of sp³-hybridized carbons (Fsp3) is 1.00. The molecule has 0 atom stereocenters. The normalized spacial score (nSPS) is 38.1. The van der Waals surface area contributed by atoms with Crippen LogP contribution in [0.3, 0.4) is 0 Å². The van der Waals surface area contributed by atoms with Crippen molar-refractivity contribution < 1.29 is 156 Å². The van der Waals surface area contributed by atoms with E-state index in [9.17, 15) is 0 Å². The number of rotatable bonds is 24. The first kappa shape index (κ1) is 63.9. The fourth-order valence-electron chi connectivity index (χ4n) is 6.70. The fourth-order valence-corrected chi connectivity index (χ4v) is 58.4. The molecule has 1 spiro atoms. The zero-order chi connectivity index (χ0) is 54.1. The molecule has 432 valence electrons. The molecule has 0 aromatic carbocycles. The van der Waals surface area contributed by atoms with Crippen molar-refractivity contribution in [3.63, 3.8) is 0 Å². The molecule has 0 saturated carbocycles. The van der Waals surface area contributed by atoms with Crippen LogP contribution in [0.15, 0.2) is 0 Å². The van der Waals surface area contributed by atoms with Gasteiger partial charge < -0.3 is 0 Å². The quantitative estimate of drug-likeness (QED) is 0.0744. The second kappa shape index (κ2) is 22.8. The standard InChI is InChI=1S/C24H60O36P6Si7/c1-13-31-67(32-14-2)43-61(25)45-68(33-15-3,34-16-4)47-63(27)49-70(37-19-7,38-20-8)51-65(29)53-72(41-23-11,42-24-12)54-66(30)52-71(39-21-9,40-22-10)50-64(28)48-69(35-17-5,36-18-6)46-62(26,44-67)56-73(55-61,57-63,58-64,59-65)60-66/h13-24H2,1-12H3/q-2. The van der Waals surface area contributed by atoms with Gasteiger partial charge in [0.25, 0.3) is 0 Å². The molecule has 73 heavy (non-hydrogen) atoms. The molecular weight excluding hydrogens is 1250 g/mol. The maximum absolute atomic E-state index is 16.4. The first-order chi connectivity index (χ1) is 34.1. The summed E-state index contributed by atoms with van der Waals surface area (Å²) in [5.74, 6) is 0. The van der Waals surface area contributed by atoms with Gasteiger partial charge in [0.05, 0.1) is 0 Å². The van der Waals surface area contributed by atoms with Crippen LogP contribution in [0.2, 0.25) is 0 Å². The molecular formula is C24H60O36P6Si7-2. The van der Waals surface area contributed by atoms with Gasteiger partial charge in [-0.25, -0.2) is 0 Å². The van der Waals surface area contributed by atoms with E-state index in [-0.39, 0.29) is 0 Å². The monoisotopic (exact) mass is 1310 g/mol. The first-order valence-electron chi connectivity index (χ1n) is 22.5. The van der Waals surface area contributed by atoms with Crippen LogP contribution in [0, 0.1) is 0 Å². The van der Waals surface area contributed by atoms with Gasteiger partial charge in [0.1, 0.15) is 0 Å². The van der Waals surface area contributed by atoms with Gasteiger partial charge in [0.2, 0.25) is 0 Å². The summed E-state index contributed by atoms with van der Waals surface area (Å²) in [6, 6.07) is 0. The maximum atomic E-state index is 16.4. The van der Waals surface area contributed by atoms with Gasteiger partial charge in [-0.2, -0.15) is 0 Å². The van der Waals surface area contributed by atoms with E-state index in [1.54, 1.807) is 0 Å². The second-order valence-corrected chi connectivity index (χ2v) is 44.2. The molecule has 36 nitrogen and oxygen atoms in total. The van der Waals surface area contributed by atoms with Gasteiger partial charge in [-0.1, -0.05) is 0 Å². The van der Waals surface area contributed by atoms with Crippen LogP contribution >= 0.6 is 46.9 Å². The Hall–Kier alpha value is 1.70. The van der Waals surface area contributed by atoms with Gasteiger partial charge in [0, 0.05) is 0 Å². The molecule has 6 heterocycles. The summed E-state index contributed by atoms with van der Waals surface area (Å²) < 4.78 is 275. The van der Waals surface area contributed by atoms with Crippen LogP contribution in [0.25, 0.3) is 0 Å². The van der Waals surface area contributed by atoms with Crippen molar-refractivity contribution in [2.75, 3.05) is 79.3 Å². The van der Waals surface area contributed by atoms with E-state index in [4.69, 9.17) is 129 Å². The molecule has 0 unspecified atom stereocenters. The summed E-state index contributed by atoms with van der Waals surface area (Å²) in [5, 5.41) is 0. The van der Waals surface area contributed by atoms with Crippen molar-refractivity contribution in [1.82, 2.24) is 0 Å². The summed E-state index contributed by atoms with van der Waals surface area (Å²) in [7, 11) is -86.0. The number of phosphoric acid groups is 6. The molecule has 0 radical (unpaired) electrons. The first-order valence-corrected chi connectivity index (χ1v) is 43.5. The topological polar surface area (TPSA) is 379 Å². The molecule has 0 aliphatic carbocycles. The Morgan fingerprint density at radius 3 is 0.411 bits per heavy atom. The van der Waals surface area contributed by atoms with Crippen LogP contribution in [-0.4, -0.2) is 142 Å². The summed E-state index contributed by atoms with van der Waals surface area (Å²) in [6.07, 6.45) is 0. The third kappa shape index (κ3) is 13.2. The van der Waals surface area contributed by atoms with Gasteiger partial charge in [0.15, 0.2) is 0 Å². The molecule has 6 aliphatic heterocycles. The Labute approximate surface area is 426 Å². The van der Waals surface area contributed by atoms with E-state index in [1.807, 2.05) is 0 Å². The molecule has 6 rings (SSSR count). The van der Waals surface area contributed by atoms with Crippen molar-refractivity contribution >= 4 is 109 Å². The van der Waals surface area contributed by atoms with Crippen LogP contribution < -0.4 is 0 Å². The summed E-state index contributed by atoms with van der Waals surface area (Å²) in [6.45, 7) is 9.01. The predicted octanol–water partition coefficient (Wildman–Crippen LogP) is 6.40. The Kier molecular flexibility index (Phi) is 20.0. The molecule has 6 saturated heterocycles. The third-order valence-electron chi connectivity index (χ3n) is 8.33. The molecule has 0 aromatic heterocycles. The summed E-state index contributed by atoms with van der Waals surface area (Å²) >= 11 is 0. The van der Waals surface area contributed by atoms with Crippen LogP contribution in [-0.2, 0) is 156 Å². The van der Waals surface area contributed by atoms with E-state index < -0.39 is 189 Å². The van der Waals surface area contributed by atoms with Crippen LogP contribution in [0.5, 0.6) is 0 Å². The molecule has 0 amide bonds. The Balaban J connectivity index is 1.95. The van der Waals surface area contributed by atoms with Gasteiger partial charge in [-0.05, 0) is 0 Å². The zero-order valence-electron chi connectivity index (χ0n) is 41.4. The Bertz CT molecular complexity index is 1770. The predicted molar refractivity (Wildman–Crippen MR) is 245 cm³/mol. The molecule has 6 fully saturated rings. The summed E-state index contributed by atoms with van der Waals surface area (Å²) in [4.78, 5) is 0. The van der Waals surface area contributed by atoms with E-state index in [1.165, 1.54) is 83.1 Å². The zero-order valence-corrected chi connectivity index (χ0v) is 53.7. The van der Waals surface area contributed by atoms with Crippen molar-refractivity contribution in [3.05, 3.63) is 0 Å². The number of hydrogen-bond donors (Lipinski definition) is 0. The Morgan fingerprint density at radius 1 is 0.233 bits per heavy atom. The van der Waals surface area contributed by atoms with Crippen LogP contribution in [0.4, 0.5) is 0 Å². The minimum absolute atomic E-state index is 0.559. The molecule has 7 bridgehead atoms. The third-order valence-corrected chi connectivity index (χ3v) is 51.8. The van der Waals surface area contributed by atoms with Gasteiger partial charge >= 0.3 is 428 Å². The minimum atomic E-state index is -10.7. The molecule has 0 N–H and O–H groups in total. The molecule has 0 aromatic rings. The second-order valence-electron chi connectivity index (χ2n) is 13.8. The average molecular weight is 1310 g/mol. The van der Waals surface area contributed by atoms with E-state index in [0.29, 0.717) is 0 Å². The van der Waals surface area contributed by atoms with E-state index in [2.05, 4.69) is 0 Å². The molecule has 49 heteroatoms. The van der Waals surface area contributed by atoms with Crippen molar-refractivity contribution in [2.24, 2.45) is 0 Å². The van der Waals surface area contributed by atoms with Crippen LogP contribution in [0.1, 0.15) is 83.1 Å². The average Bonchev–Trinajstić information content (AvgIpc) is 3.18. The number of hydrogen-bond acceptors (Lipinski definition) is 36. The number of fused-ring (bicyclic) bond motifs is 6. The van der Waals surface area contributed by atoms with E-state index in [0.717, 1.165) is 0 Å². The van der Waals surface area contributed by atoms with Gasteiger partial charge in [-0.3, -0.25) is 0 Å². The van der Waals surface area contributed by atoms with Crippen molar-refractivity contribution in [1.29, 1.82) is 0 Å².